The van der Waals surface area contributed by atoms with Gasteiger partial charge in [-0.25, -0.2) is 0 Å². The Morgan fingerprint density at radius 1 is 1.44 bits per heavy atom. The van der Waals surface area contributed by atoms with E-state index in [1.54, 1.807) is 0 Å². The molecule has 100 valence electrons. The average Bonchev–Trinajstić information content (AvgIpc) is 2.88. The highest BCUT2D eigenvalue weighted by atomic mass is 32.2. The molecule has 18 heavy (non-hydrogen) atoms. The van der Waals surface area contributed by atoms with Gasteiger partial charge in [0.25, 0.3) is 0 Å². The van der Waals surface area contributed by atoms with E-state index in [-0.39, 0.29) is 5.92 Å². The number of hydrogen-bond donors (Lipinski definition) is 1. The zero-order chi connectivity index (χ0) is 13.5. The quantitative estimate of drug-likeness (QED) is 0.481. The number of carbonyl (C=O) groups is 2. The summed E-state index contributed by atoms with van der Waals surface area (Å²) < 4.78 is 5.43. The molecule has 2 rings (SSSR count). The highest BCUT2D eigenvalue weighted by molar-refractivity contribution is 8.01. The van der Waals surface area contributed by atoms with Crippen molar-refractivity contribution >= 4 is 23.7 Å². The largest absolute Gasteiger partial charge is 0.481 e. The van der Waals surface area contributed by atoms with Gasteiger partial charge in [-0.15, -0.1) is 11.8 Å². The maximum Gasteiger partial charge on any atom is 0.320 e. The van der Waals surface area contributed by atoms with Crippen LogP contribution in [0.1, 0.15) is 27.2 Å². The number of hydrogen-bond acceptors (Lipinski definition) is 4. The summed E-state index contributed by atoms with van der Waals surface area (Å²) in [5.41, 5.74) is -0.613. The molecule has 0 aromatic carbocycles. The van der Waals surface area contributed by atoms with E-state index in [0.717, 1.165) is 6.42 Å². The minimum absolute atomic E-state index is 0.266. The third kappa shape index (κ3) is 2.41. The monoisotopic (exact) mass is 270 g/mol. The SMILES string of the molecule is CC(C(=O)O)C(=O)OC(C)(C)C1CC2C=CC1S2. The average molecular weight is 270 g/mol. The van der Waals surface area contributed by atoms with Crippen molar-refractivity contribution < 1.29 is 19.4 Å². The third-order valence-electron chi connectivity index (χ3n) is 3.71. The van der Waals surface area contributed by atoms with Crippen LogP contribution in [0.5, 0.6) is 0 Å². The van der Waals surface area contributed by atoms with Gasteiger partial charge < -0.3 is 9.84 Å². The van der Waals surface area contributed by atoms with E-state index in [1.165, 1.54) is 6.92 Å². The Morgan fingerprint density at radius 3 is 2.56 bits per heavy atom. The highest BCUT2D eigenvalue weighted by Crippen LogP contribution is 2.49. The van der Waals surface area contributed by atoms with Crippen molar-refractivity contribution in [1.29, 1.82) is 0 Å². The van der Waals surface area contributed by atoms with Gasteiger partial charge >= 0.3 is 11.9 Å². The molecule has 0 amide bonds. The number of ether oxygens (including phenoxy) is 1. The molecule has 0 spiro atoms. The van der Waals surface area contributed by atoms with E-state index in [9.17, 15) is 9.59 Å². The van der Waals surface area contributed by atoms with E-state index in [4.69, 9.17) is 9.84 Å². The zero-order valence-electron chi connectivity index (χ0n) is 10.8. The van der Waals surface area contributed by atoms with Crippen LogP contribution >= 0.6 is 11.8 Å². The normalized spacial score (nSPS) is 31.4. The summed E-state index contributed by atoms with van der Waals surface area (Å²) in [7, 11) is 0. The lowest BCUT2D eigenvalue weighted by molar-refractivity contribution is -0.171. The molecule has 0 radical (unpaired) electrons. The van der Waals surface area contributed by atoms with Crippen molar-refractivity contribution in [3.8, 4) is 0 Å². The Hall–Kier alpha value is -0.970. The topological polar surface area (TPSA) is 63.6 Å². The molecule has 1 saturated heterocycles. The molecule has 4 unspecified atom stereocenters. The fourth-order valence-electron chi connectivity index (χ4n) is 2.48. The number of thioether (sulfide) groups is 1. The molecule has 2 aliphatic rings. The first kappa shape index (κ1) is 13.5. The fourth-order valence-corrected chi connectivity index (χ4v) is 4.19. The molecule has 4 nitrogen and oxygen atoms in total. The maximum absolute atomic E-state index is 11.7. The Labute approximate surface area is 111 Å². The fraction of sp³-hybridized carbons (Fsp3) is 0.692. The first-order valence-corrected chi connectivity index (χ1v) is 7.05. The van der Waals surface area contributed by atoms with Crippen LogP contribution in [0.4, 0.5) is 0 Å². The van der Waals surface area contributed by atoms with E-state index in [0.29, 0.717) is 10.5 Å². The van der Waals surface area contributed by atoms with Crippen LogP contribution in [0, 0.1) is 11.8 Å². The molecule has 0 aliphatic carbocycles. The molecule has 1 fully saturated rings. The third-order valence-corrected chi connectivity index (χ3v) is 5.21. The maximum atomic E-state index is 11.7. The summed E-state index contributed by atoms with van der Waals surface area (Å²) in [6.07, 6.45) is 5.36. The van der Waals surface area contributed by atoms with Crippen LogP contribution in [0.15, 0.2) is 12.2 Å². The molecule has 4 atom stereocenters. The highest BCUT2D eigenvalue weighted by Gasteiger charge is 2.47. The summed E-state index contributed by atoms with van der Waals surface area (Å²) in [5.74, 6) is -2.63. The van der Waals surface area contributed by atoms with Gasteiger partial charge in [-0.2, -0.15) is 0 Å². The number of carbonyl (C=O) groups excluding carboxylic acids is 1. The first-order chi connectivity index (χ1) is 8.31. The van der Waals surface area contributed by atoms with Crippen LogP contribution in [0.25, 0.3) is 0 Å². The van der Waals surface area contributed by atoms with Crippen molar-refractivity contribution in [3.63, 3.8) is 0 Å². The summed E-state index contributed by atoms with van der Waals surface area (Å²) in [4.78, 5) is 22.5. The van der Waals surface area contributed by atoms with Crippen molar-refractivity contribution in [1.82, 2.24) is 0 Å². The van der Waals surface area contributed by atoms with E-state index in [2.05, 4.69) is 12.2 Å². The molecule has 0 saturated carbocycles. The van der Waals surface area contributed by atoms with Crippen molar-refractivity contribution in [2.45, 2.75) is 43.3 Å². The van der Waals surface area contributed by atoms with Gasteiger partial charge in [0.1, 0.15) is 5.60 Å². The van der Waals surface area contributed by atoms with Gasteiger partial charge in [-0.1, -0.05) is 12.2 Å². The lowest BCUT2D eigenvalue weighted by Gasteiger charge is -2.35. The van der Waals surface area contributed by atoms with Crippen LogP contribution < -0.4 is 0 Å². The summed E-state index contributed by atoms with van der Waals surface area (Å²) in [5, 5.41) is 9.71. The lowest BCUT2D eigenvalue weighted by atomic mass is 9.81. The Balaban J connectivity index is 2.01. The van der Waals surface area contributed by atoms with Crippen molar-refractivity contribution in [2.24, 2.45) is 11.8 Å². The second kappa shape index (κ2) is 4.61. The zero-order valence-corrected chi connectivity index (χ0v) is 11.6. The Kier molecular flexibility index (Phi) is 3.45. The Bertz CT molecular complexity index is 402. The summed E-state index contributed by atoms with van der Waals surface area (Å²) in [6.45, 7) is 5.11. The second-order valence-electron chi connectivity index (χ2n) is 5.45. The van der Waals surface area contributed by atoms with Gasteiger partial charge in [0, 0.05) is 16.4 Å². The lowest BCUT2D eigenvalue weighted by Crippen LogP contribution is -2.42. The molecule has 2 aliphatic heterocycles. The number of fused-ring (bicyclic) bond motifs is 2. The van der Waals surface area contributed by atoms with Crippen molar-refractivity contribution in [2.75, 3.05) is 0 Å². The predicted molar refractivity (Wildman–Crippen MR) is 69.4 cm³/mol. The van der Waals surface area contributed by atoms with Crippen LogP contribution in [-0.2, 0) is 14.3 Å². The molecule has 2 heterocycles. The van der Waals surface area contributed by atoms with Crippen LogP contribution in [0.2, 0.25) is 0 Å². The number of carboxylic acids is 1. The minimum atomic E-state index is -1.14. The number of carboxylic acid groups (broad SMARTS) is 1. The first-order valence-electron chi connectivity index (χ1n) is 6.10. The van der Waals surface area contributed by atoms with Gasteiger partial charge in [-0.3, -0.25) is 9.59 Å². The molecule has 0 aromatic rings. The number of aliphatic carboxylic acids is 1. The molecule has 0 aromatic heterocycles. The molecule has 1 N–H and O–H groups in total. The molecule has 2 bridgehead atoms. The molecular weight excluding hydrogens is 252 g/mol. The number of rotatable bonds is 4. The van der Waals surface area contributed by atoms with E-state index in [1.807, 2.05) is 25.6 Å². The van der Waals surface area contributed by atoms with Crippen molar-refractivity contribution in [3.05, 3.63) is 12.2 Å². The summed E-state index contributed by atoms with van der Waals surface area (Å²) in [6, 6.07) is 0. The van der Waals surface area contributed by atoms with E-state index >= 15 is 0 Å². The standard InChI is InChI=1S/C13H18O4S/c1-7(11(14)15)12(16)17-13(2,3)9-6-8-4-5-10(9)18-8/h4-5,7-10H,6H2,1-3H3,(H,14,15). The van der Waals surface area contributed by atoms with E-state index < -0.39 is 23.5 Å². The smallest absolute Gasteiger partial charge is 0.320 e. The molecule has 5 heteroatoms. The minimum Gasteiger partial charge on any atom is -0.481 e. The second-order valence-corrected chi connectivity index (χ2v) is 6.87. The van der Waals surface area contributed by atoms with Gasteiger partial charge in [0.15, 0.2) is 5.92 Å². The van der Waals surface area contributed by atoms with Crippen LogP contribution in [0.3, 0.4) is 0 Å². The Morgan fingerprint density at radius 2 is 2.11 bits per heavy atom. The van der Waals surface area contributed by atoms with Gasteiger partial charge in [-0.05, 0) is 27.2 Å². The predicted octanol–water partition coefficient (Wildman–Crippen LogP) is 2.09. The molecular formula is C13H18O4S. The number of esters is 1. The summed E-state index contributed by atoms with van der Waals surface area (Å²) >= 11 is 1.89. The van der Waals surface area contributed by atoms with Gasteiger partial charge in [0.05, 0.1) is 0 Å². The van der Waals surface area contributed by atoms with Gasteiger partial charge in [0.2, 0.25) is 0 Å². The van der Waals surface area contributed by atoms with Crippen LogP contribution in [-0.4, -0.2) is 33.1 Å².